The van der Waals surface area contributed by atoms with E-state index in [1.807, 2.05) is 0 Å². The molecule has 0 spiro atoms. The maximum atomic E-state index is 12.0. The molecule has 28 heavy (non-hydrogen) atoms. The fourth-order valence-electron chi connectivity index (χ4n) is 3.06. The first-order valence-corrected chi connectivity index (χ1v) is 9.92. The molecule has 2 heterocycles. The fourth-order valence-corrected chi connectivity index (χ4v) is 4.19. The second-order valence-corrected chi connectivity index (χ2v) is 8.14. The molecule has 0 aliphatic rings. The zero-order valence-electron chi connectivity index (χ0n) is 15.4. The van der Waals surface area contributed by atoms with Crippen LogP contribution in [0.1, 0.15) is 17.6 Å². The largest absolute Gasteiger partial charge is 0.396 e. The number of aliphatic hydroxyl groups is 1. The summed E-state index contributed by atoms with van der Waals surface area (Å²) in [4.78, 5) is 31.7. The van der Waals surface area contributed by atoms with Gasteiger partial charge in [-0.25, -0.2) is 4.98 Å². The first-order valence-electron chi connectivity index (χ1n) is 8.24. The van der Waals surface area contributed by atoms with Crippen LogP contribution >= 0.6 is 7.60 Å². The summed E-state index contributed by atoms with van der Waals surface area (Å²) in [6, 6.07) is 8.55. The molecule has 3 rings (SSSR count). The van der Waals surface area contributed by atoms with Crippen molar-refractivity contribution < 1.29 is 19.5 Å². The van der Waals surface area contributed by atoms with E-state index >= 15 is 0 Å². The monoisotopic (exact) mass is 415 g/mol. The number of imidazole rings is 1. The minimum atomic E-state index is -4.42. The molecule has 0 aliphatic carbocycles. The van der Waals surface area contributed by atoms with Crippen LogP contribution < -0.4 is 11.5 Å². The number of anilines is 2. The van der Waals surface area contributed by atoms with Crippen LogP contribution in [0.15, 0.2) is 36.7 Å². The number of benzene rings is 1. The number of hydrogen-bond acceptors (Lipinski definition) is 7. The molecule has 3 aromatic rings. The number of nitrogens with zero attached hydrogens (tertiary/aromatic N) is 4. The van der Waals surface area contributed by atoms with Crippen molar-refractivity contribution in [1.82, 2.24) is 19.5 Å². The Morgan fingerprint density at radius 1 is 1.14 bits per heavy atom. The van der Waals surface area contributed by atoms with E-state index in [1.165, 1.54) is 6.33 Å². The van der Waals surface area contributed by atoms with Gasteiger partial charge in [-0.15, -0.1) is 0 Å². The molecule has 7 N–H and O–H groups in total. The molecule has 0 bridgehead atoms. The Labute approximate surface area is 183 Å². The van der Waals surface area contributed by atoms with Gasteiger partial charge in [-0.05, 0) is 12.0 Å². The SMILES string of the molecule is Nc1nc(N)c2ncn(CC(CO)CC(c3ccccc3)P(=O)(O)O)c2n1.[Na]. The Bertz CT molecular complexity index is 980. The molecule has 2 unspecified atom stereocenters. The van der Waals surface area contributed by atoms with Crippen molar-refractivity contribution in [2.75, 3.05) is 18.1 Å². The van der Waals surface area contributed by atoms with Gasteiger partial charge >= 0.3 is 7.60 Å². The number of nitrogens with two attached hydrogens (primary N) is 2. The van der Waals surface area contributed by atoms with Crippen molar-refractivity contribution in [3.8, 4) is 0 Å². The molecule has 10 nitrogen and oxygen atoms in total. The van der Waals surface area contributed by atoms with Gasteiger partial charge < -0.3 is 30.9 Å². The van der Waals surface area contributed by atoms with Crippen LogP contribution in [0.25, 0.3) is 11.2 Å². The topological polar surface area (TPSA) is 173 Å². The quantitative estimate of drug-likeness (QED) is 0.272. The van der Waals surface area contributed by atoms with Gasteiger partial charge in [-0.3, -0.25) is 4.57 Å². The zero-order chi connectivity index (χ0) is 19.6. The molecule has 1 aromatic carbocycles. The summed E-state index contributed by atoms with van der Waals surface area (Å²) in [5, 5.41) is 9.80. The van der Waals surface area contributed by atoms with Gasteiger partial charge in [0.2, 0.25) is 5.95 Å². The van der Waals surface area contributed by atoms with Crippen LogP contribution in [0, 0.1) is 5.92 Å². The number of hydrogen-bond donors (Lipinski definition) is 5. The molecule has 1 radical (unpaired) electrons. The maximum Gasteiger partial charge on any atom is 0.332 e. The van der Waals surface area contributed by atoms with Crippen LogP contribution in [0.5, 0.6) is 0 Å². The zero-order valence-corrected chi connectivity index (χ0v) is 18.3. The average molecular weight is 415 g/mol. The predicted molar refractivity (Wildman–Crippen MR) is 106 cm³/mol. The summed E-state index contributed by atoms with van der Waals surface area (Å²) in [6.45, 7) is -0.0225. The first kappa shape index (κ1) is 22.8. The van der Waals surface area contributed by atoms with Crippen LogP contribution in [0.3, 0.4) is 0 Å². The smallest absolute Gasteiger partial charge is 0.332 e. The summed E-state index contributed by atoms with van der Waals surface area (Å²) < 4.78 is 13.7. The van der Waals surface area contributed by atoms with Gasteiger partial charge in [0, 0.05) is 48.6 Å². The van der Waals surface area contributed by atoms with E-state index in [9.17, 15) is 19.5 Å². The average Bonchev–Trinajstić information content (AvgIpc) is 3.01. The minimum absolute atomic E-state index is 0. The number of aromatic nitrogens is 4. The van der Waals surface area contributed by atoms with Crippen LogP contribution in [-0.2, 0) is 11.1 Å². The Hall–Kier alpha value is -1.52. The van der Waals surface area contributed by atoms with E-state index in [0.717, 1.165) is 0 Å². The second-order valence-electron chi connectivity index (χ2n) is 6.34. The Morgan fingerprint density at radius 3 is 2.43 bits per heavy atom. The van der Waals surface area contributed by atoms with Gasteiger partial charge in [0.1, 0.15) is 5.52 Å². The van der Waals surface area contributed by atoms with Gasteiger partial charge in [-0.2, -0.15) is 9.97 Å². The summed E-state index contributed by atoms with van der Waals surface area (Å²) >= 11 is 0. The van der Waals surface area contributed by atoms with Crippen molar-refractivity contribution in [2.45, 2.75) is 18.6 Å². The van der Waals surface area contributed by atoms with E-state index < -0.39 is 19.2 Å². The number of rotatable bonds is 7. The van der Waals surface area contributed by atoms with Gasteiger partial charge in [-0.1, -0.05) is 30.3 Å². The first-order chi connectivity index (χ1) is 12.8. The number of fused-ring (bicyclic) bond motifs is 1. The summed E-state index contributed by atoms with van der Waals surface area (Å²) in [5.74, 6) is -0.300. The summed E-state index contributed by atoms with van der Waals surface area (Å²) in [5.41, 5.74) is 11.7. The number of nitrogen functional groups attached to an aromatic ring is 2. The third-order valence-electron chi connectivity index (χ3n) is 4.37. The molecule has 0 saturated heterocycles. The minimum Gasteiger partial charge on any atom is -0.396 e. The van der Waals surface area contributed by atoms with Gasteiger partial charge in [0.15, 0.2) is 11.5 Å². The van der Waals surface area contributed by atoms with Crippen molar-refractivity contribution in [3.63, 3.8) is 0 Å². The van der Waals surface area contributed by atoms with E-state index in [0.29, 0.717) is 16.7 Å². The van der Waals surface area contributed by atoms with Crippen LogP contribution in [0.4, 0.5) is 11.8 Å². The fraction of sp³-hybridized carbons (Fsp3) is 0.312. The second kappa shape index (κ2) is 9.32. The maximum absolute atomic E-state index is 12.0. The van der Waals surface area contributed by atoms with Crippen LogP contribution in [0.2, 0.25) is 0 Å². The van der Waals surface area contributed by atoms with Gasteiger partial charge in [0.05, 0.1) is 12.0 Å². The molecular formula is C16H21N6NaO4P. The summed E-state index contributed by atoms with van der Waals surface area (Å²) in [7, 11) is -4.42. The third kappa shape index (κ3) is 5.09. The van der Waals surface area contributed by atoms with Crippen molar-refractivity contribution >= 4 is 60.1 Å². The molecular weight excluding hydrogens is 394 g/mol. The van der Waals surface area contributed by atoms with Crippen LogP contribution in [-0.4, -0.2) is 70.6 Å². The Kier molecular flexibility index (Phi) is 7.58. The molecule has 2 atom stereocenters. The third-order valence-corrected chi connectivity index (χ3v) is 5.69. The van der Waals surface area contributed by atoms with E-state index in [-0.39, 0.29) is 60.9 Å². The van der Waals surface area contributed by atoms with E-state index in [4.69, 9.17) is 11.5 Å². The Morgan fingerprint density at radius 2 is 1.82 bits per heavy atom. The molecule has 145 valence electrons. The molecule has 0 saturated carbocycles. The predicted octanol–water partition coefficient (Wildman–Crippen LogP) is 0.527. The van der Waals surface area contributed by atoms with Gasteiger partial charge in [0.25, 0.3) is 0 Å². The molecule has 2 aromatic heterocycles. The molecule has 0 amide bonds. The van der Waals surface area contributed by atoms with E-state index in [1.54, 1.807) is 34.9 Å². The van der Waals surface area contributed by atoms with E-state index in [2.05, 4.69) is 15.0 Å². The Balaban J connectivity index is 0.00000280. The molecule has 0 aliphatic heterocycles. The normalized spacial score (nSPS) is 13.8. The summed E-state index contributed by atoms with van der Waals surface area (Å²) in [6.07, 6.45) is 1.58. The van der Waals surface area contributed by atoms with Crippen molar-refractivity contribution in [2.24, 2.45) is 5.92 Å². The molecule has 12 heteroatoms. The standard InChI is InChI=1S/C16H21N6O4P.Na/c17-14-13-15(21-16(18)20-14)22(9-19-13)7-10(8-23)6-12(27(24,25)26)11-4-2-1-3-5-11;/h1-5,9-10,12,23H,6-8H2,(H2,24,25,26)(H4,17,18,20,21);. The van der Waals surface area contributed by atoms with Crippen molar-refractivity contribution in [1.29, 1.82) is 0 Å². The molecule has 0 fully saturated rings. The number of aliphatic hydroxyl groups excluding tert-OH is 1. The van der Waals surface area contributed by atoms with Crippen molar-refractivity contribution in [3.05, 3.63) is 42.2 Å².